The van der Waals surface area contributed by atoms with Crippen LogP contribution in [0.5, 0.6) is 0 Å². The second kappa shape index (κ2) is 26.3. The van der Waals surface area contributed by atoms with E-state index in [4.69, 9.17) is 5.11 Å². The summed E-state index contributed by atoms with van der Waals surface area (Å²) in [5.74, 6) is -3.16. The van der Waals surface area contributed by atoms with Crippen LogP contribution in [0.4, 0.5) is 5.95 Å². The Bertz CT molecular complexity index is 3100. The minimum Gasteiger partial charge on any atom is -0.476 e. The molecule has 0 spiro atoms. The molecule has 0 saturated carbocycles. The van der Waals surface area contributed by atoms with E-state index in [0.29, 0.717) is 0 Å². The standard InChI is InChI=1S/C10H12N8O3.C9H11N3O3.C8H9N3O4.C6H7N3O3.C3H5I/c1-4-5-18-8(20)6(13-17(3)10(18)21)7(19)11-9-12-14-15-16(9)2;1-4-5-12-8(14)7(6(2)13)10-11(3)9(12)15;1-3-4-11-6(12)5(7(13)14)9-10(2)8(11)15;1-3(10)4-5(11)7-6(12)9(2)8-4;1-2-3-4/h4H,1,5H2,2-3H3,(H,11,12,15,19);4H,1,5H2,2-3H3;3H,1,4H2,2H3,(H,13,14);1-2H3,(H,7,11,12);2H,1,3H2. The number of alkyl halides is 1. The van der Waals surface area contributed by atoms with Gasteiger partial charge in [0.2, 0.25) is 17.3 Å². The highest BCUT2D eigenvalue weighted by Gasteiger charge is 2.20. The van der Waals surface area contributed by atoms with Crippen LogP contribution in [0.15, 0.2) is 89.0 Å². The van der Waals surface area contributed by atoms with Crippen LogP contribution in [0, 0.1) is 0 Å². The van der Waals surface area contributed by atoms with Gasteiger partial charge in [0.05, 0.1) is 0 Å². The minimum atomic E-state index is -1.46. The van der Waals surface area contributed by atoms with Crippen molar-refractivity contribution in [3.63, 3.8) is 0 Å². The number of hydrogen-bond acceptors (Lipinski definition) is 19. The lowest BCUT2D eigenvalue weighted by molar-refractivity contribution is 0.0683. The van der Waals surface area contributed by atoms with E-state index in [1.807, 2.05) is 11.1 Å². The molecular weight excluding hydrogens is 1010 g/mol. The van der Waals surface area contributed by atoms with E-state index in [9.17, 15) is 57.5 Å². The molecule has 0 aliphatic rings. The van der Waals surface area contributed by atoms with E-state index in [2.05, 4.69) is 90.1 Å². The van der Waals surface area contributed by atoms with E-state index >= 15 is 0 Å². The molecule has 0 aromatic carbocycles. The second-order valence-corrected chi connectivity index (χ2v) is 13.4. The predicted octanol–water partition coefficient (Wildman–Crippen LogP) is -3.66. The summed E-state index contributed by atoms with van der Waals surface area (Å²) in [4.78, 5) is 138. The molecule has 0 fully saturated rings. The number of H-pyrrole nitrogens is 1. The lowest BCUT2D eigenvalue weighted by atomic mass is 10.3. The number of halogens is 1. The molecule has 5 rings (SSSR count). The molecular formula is C36H44IN17O13. The smallest absolute Gasteiger partial charge is 0.362 e. The molecule has 358 valence electrons. The Balaban J connectivity index is 0.000000443. The van der Waals surface area contributed by atoms with Gasteiger partial charge in [-0.05, 0) is 10.4 Å². The zero-order valence-electron chi connectivity index (χ0n) is 36.9. The number of ketones is 2. The largest absolute Gasteiger partial charge is 0.476 e. The number of nitrogens with zero attached hydrogens (tertiary/aromatic N) is 15. The molecule has 30 nitrogen and oxygen atoms in total. The lowest BCUT2D eigenvalue weighted by Gasteiger charge is -2.07. The fraction of sp³-hybridized carbons (Fsp3) is 0.306. The van der Waals surface area contributed by atoms with Crippen LogP contribution < -0.4 is 50.3 Å². The van der Waals surface area contributed by atoms with Crippen molar-refractivity contribution in [2.75, 3.05) is 9.74 Å². The molecule has 31 heteroatoms. The summed E-state index contributed by atoms with van der Waals surface area (Å²) in [5, 5.41) is 35.5. The third-order valence-electron chi connectivity index (χ3n) is 7.57. The van der Waals surface area contributed by atoms with Gasteiger partial charge in [-0.25, -0.2) is 47.4 Å². The molecule has 0 aliphatic heterocycles. The van der Waals surface area contributed by atoms with Crippen molar-refractivity contribution in [1.82, 2.24) is 78.0 Å². The Morgan fingerprint density at radius 2 is 0.970 bits per heavy atom. The Labute approximate surface area is 388 Å². The number of carboxylic acid groups (broad SMARTS) is 1. The van der Waals surface area contributed by atoms with Crippen LogP contribution in [-0.4, -0.2) is 111 Å². The first-order valence-electron chi connectivity index (χ1n) is 18.4. The topological polar surface area (TPSA) is 383 Å². The zero-order valence-corrected chi connectivity index (χ0v) is 39.1. The SMILES string of the molecule is C=CCI.C=CCn1c(=O)c(C(=O)Nc2nnnn2C)nn(C)c1=O.C=CCn1c(=O)c(C(=O)O)nn(C)c1=O.C=CCn1c(=O)c(C(C)=O)nn(C)c1=O.CC(=O)c1nn(C)c(=O)[nH]c1=O. The molecule has 3 N–H and O–H groups in total. The maximum absolute atomic E-state index is 12.1. The first-order valence-corrected chi connectivity index (χ1v) is 19.9. The molecule has 5 aromatic heterocycles. The summed E-state index contributed by atoms with van der Waals surface area (Å²) in [5.41, 5.74) is -7.29. The first kappa shape index (κ1) is 56.5. The Morgan fingerprint density at radius 1 is 0.597 bits per heavy atom. The van der Waals surface area contributed by atoms with E-state index in [1.54, 1.807) is 0 Å². The number of aromatic carboxylic acids is 1. The number of allylic oxidation sites excluding steroid dienone is 4. The molecule has 0 radical (unpaired) electrons. The van der Waals surface area contributed by atoms with Gasteiger partial charge in [0.1, 0.15) is 0 Å². The maximum Gasteiger partial charge on any atom is 0.362 e. The van der Waals surface area contributed by atoms with Gasteiger partial charge >= 0.3 is 28.7 Å². The van der Waals surface area contributed by atoms with Gasteiger partial charge in [0.15, 0.2) is 23.0 Å². The second-order valence-electron chi connectivity index (χ2n) is 12.5. The first-order chi connectivity index (χ1) is 31.4. The number of aromatic amines is 1. The monoisotopic (exact) mass is 1050 g/mol. The molecule has 0 aliphatic carbocycles. The van der Waals surface area contributed by atoms with E-state index in [1.165, 1.54) is 72.0 Å². The molecule has 0 unspecified atom stereocenters. The van der Waals surface area contributed by atoms with E-state index in [0.717, 1.165) is 36.9 Å². The number of carbonyl (C=O) groups is 4. The number of anilines is 1. The number of tetrazole rings is 1. The van der Waals surface area contributed by atoms with Gasteiger partial charge in [-0.15, -0.1) is 26.3 Å². The third-order valence-corrected chi connectivity index (χ3v) is 8.19. The summed E-state index contributed by atoms with van der Waals surface area (Å²) in [7, 11) is 6.86. The molecule has 67 heavy (non-hydrogen) atoms. The van der Waals surface area contributed by atoms with Gasteiger partial charge in [-0.1, -0.05) is 52.0 Å². The fourth-order valence-corrected chi connectivity index (χ4v) is 4.45. The fourth-order valence-electron chi connectivity index (χ4n) is 4.45. The van der Waals surface area contributed by atoms with Crippen molar-refractivity contribution in [2.45, 2.75) is 33.5 Å². The summed E-state index contributed by atoms with van der Waals surface area (Å²) in [6.45, 7) is 16.2. The average molecular weight is 1050 g/mol. The van der Waals surface area contributed by atoms with Crippen LogP contribution >= 0.6 is 22.6 Å². The number of aryl methyl sites for hydroxylation is 5. The number of Topliss-reactive ketones (excluding diaryl/α,β-unsaturated/α-hetero) is 2. The van der Waals surface area contributed by atoms with Gasteiger partial charge in [0, 0.05) is 73.1 Å². The van der Waals surface area contributed by atoms with Crippen molar-refractivity contribution in [1.29, 1.82) is 0 Å². The molecule has 0 bridgehead atoms. The van der Waals surface area contributed by atoms with Crippen LogP contribution in [0.2, 0.25) is 0 Å². The van der Waals surface area contributed by atoms with Crippen LogP contribution in [0.3, 0.4) is 0 Å². The van der Waals surface area contributed by atoms with E-state index in [-0.39, 0.29) is 37.0 Å². The van der Waals surface area contributed by atoms with Crippen molar-refractivity contribution >= 4 is 52.0 Å². The average Bonchev–Trinajstić information content (AvgIpc) is 3.68. The van der Waals surface area contributed by atoms with Gasteiger partial charge in [0.25, 0.3) is 28.1 Å². The van der Waals surface area contributed by atoms with Crippen LogP contribution in [0.25, 0.3) is 0 Å². The highest BCUT2D eigenvalue weighted by molar-refractivity contribution is 14.1. The third kappa shape index (κ3) is 15.3. The predicted molar refractivity (Wildman–Crippen MR) is 245 cm³/mol. The Morgan fingerprint density at radius 3 is 1.33 bits per heavy atom. The van der Waals surface area contributed by atoms with Crippen molar-refractivity contribution < 1.29 is 24.3 Å². The number of aromatic nitrogens is 16. The van der Waals surface area contributed by atoms with Crippen LogP contribution in [0.1, 0.15) is 55.8 Å². The molecule has 0 saturated heterocycles. The highest BCUT2D eigenvalue weighted by atomic mass is 127. The summed E-state index contributed by atoms with van der Waals surface area (Å²) in [6, 6.07) is 0. The number of amides is 1. The normalized spacial score (nSPS) is 9.85. The maximum atomic E-state index is 12.1. The highest BCUT2D eigenvalue weighted by Crippen LogP contribution is 1.98. The number of rotatable bonds is 12. The number of carboxylic acids is 1. The van der Waals surface area contributed by atoms with Crippen molar-refractivity contribution in [3.8, 4) is 0 Å². The Kier molecular flexibility index (Phi) is 22.2. The minimum absolute atomic E-state index is 0.0280. The quantitative estimate of drug-likeness (QED) is 0.0469. The summed E-state index contributed by atoms with van der Waals surface area (Å²) < 4.78 is 8.34. The van der Waals surface area contributed by atoms with E-state index < -0.39 is 79.8 Å². The molecule has 5 aromatic rings. The number of hydrogen-bond donors (Lipinski definition) is 3. The molecule has 5 heterocycles. The van der Waals surface area contributed by atoms with Crippen molar-refractivity contribution in [2.24, 2.45) is 35.2 Å². The molecule has 1 amide bonds. The summed E-state index contributed by atoms with van der Waals surface area (Å²) >= 11 is 2.23. The lowest BCUT2D eigenvalue weighted by Crippen LogP contribution is -2.44. The number of nitrogens with one attached hydrogen (secondary N) is 2. The van der Waals surface area contributed by atoms with Crippen LogP contribution in [-0.2, 0) is 54.9 Å². The number of carbonyl (C=O) groups excluding carboxylic acids is 3. The van der Waals surface area contributed by atoms with Crippen molar-refractivity contribution in [3.05, 3.63) is 157 Å². The molecule has 0 atom stereocenters. The van der Waals surface area contributed by atoms with Gasteiger partial charge < -0.3 is 5.11 Å². The van der Waals surface area contributed by atoms with Gasteiger partial charge in [-0.2, -0.15) is 20.4 Å². The van der Waals surface area contributed by atoms with Gasteiger partial charge in [-0.3, -0.25) is 57.6 Å². The summed E-state index contributed by atoms with van der Waals surface area (Å²) in [6.07, 6.45) is 5.97. The Hall–Kier alpha value is -8.52. The zero-order chi connectivity index (χ0) is 51.5.